The molecule has 0 atom stereocenters. The Kier molecular flexibility index (Phi) is 3.55. The number of carbonyl (C=O) groups excluding carboxylic acids is 1. The highest BCUT2D eigenvalue weighted by Crippen LogP contribution is 2.25. The van der Waals surface area contributed by atoms with Crippen molar-refractivity contribution in [2.75, 3.05) is 5.32 Å². The number of carbonyl (C=O) groups is 1. The molecule has 1 heterocycles. The number of H-pyrrole nitrogens is 1. The third kappa shape index (κ3) is 2.59. The van der Waals surface area contributed by atoms with Gasteiger partial charge in [-0.2, -0.15) is 0 Å². The highest BCUT2D eigenvalue weighted by atomic mass is 79.9. The summed E-state index contributed by atoms with van der Waals surface area (Å²) in [6.07, 6.45) is 0. The predicted octanol–water partition coefficient (Wildman–Crippen LogP) is 4.80. The lowest BCUT2D eigenvalue weighted by Crippen LogP contribution is -2.13. The van der Waals surface area contributed by atoms with Crippen molar-refractivity contribution in [1.82, 2.24) is 4.98 Å². The molecule has 3 nitrogen and oxygen atoms in total. The van der Waals surface area contributed by atoms with Gasteiger partial charge in [0.15, 0.2) is 0 Å². The van der Waals surface area contributed by atoms with E-state index in [1.54, 1.807) is 0 Å². The fourth-order valence-corrected chi connectivity index (χ4v) is 2.80. The molecule has 3 rings (SSSR count). The summed E-state index contributed by atoms with van der Waals surface area (Å²) in [5.74, 6) is -0.131. The smallest absolute Gasteiger partial charge is 0.272 e. The zero-order valence-corrected chi connectivity index (χ0v) is 13.4. The lowest BCUT2D eigenvalue weighted by atomic mass is 10.1. The lowest BCUT2D eigenvalue weighted by molar-refractivity contribution is 0.102. The Balaban J connectivity index is 1.99. The van der Waals surface area contributed by atoms with Gasteiger partial charge < -0.3 is 10.3 Å². The molecule has 21 heavy (non-hydrogen) atoms. The maximum atomic E-state index is 12.5. The third-order valence-corrected chi connectivity index (χ3v) is 4.25. The number of fused-ring (bicyclic) bond motifs is 1. The molecule has 3 aromatic rings. The number of halogens is 1. The van der Waals surface area contributed by atoms with Gasteiger partial charge in [0.05, 0.1) is 5.69 Å². The number of rotatable bonds is 2. The van der Waals surface area contributed by atoms with Crippen LogP contribution in [0.1, 0.15) is 21.6 Å². The van der Waals surface area contributed by atoms with E-state index in [9.17, 15) is 4.79 Å². The van der Waals surface area contributed by atoms with Gasteiger partial charge in [0.2, 0.25) is 0 Å². The average Bonchev–Trinajstić information content (AvgIpc) is 2.79. The number of benzene rings is 2. The van der Waals surface area contributed by atoms with Crippen molar-refractivity contribution in [3.05, 3.63) is 63.8 Å². The average molecular weight is 343 g/mol. The van der Waals surface area contributed by atoms with Crippen LogP contribution in [0.25, 0.3) is 10.9 Å². The van der Waals surface area contributed by atoms with E-state index in [0.717, 1.165) is 26.6 Å². The van der Waals surface area contributed by atoms with E-state index in [2.05, 4.69) is 32.3 Å². The molecule has 0 aliphatic carbocycles. The second-order valence-corrected chi connectivity index (χ2v) is 5.96. The Morgan fingerprint density at radius 2 is 1.90 bits per heavy atom. The molecule has 2 N–H and O–H groups in total. The fraction of sp³-hybridized carbons (Fsp3) is 0.118. The van der Waals surface area contributed by atoms with Crippen molar-refractivity contribution in [1.29, 1.82) is 0 Å². The summed E-state index contributed by atoms with van der Waals surface area (Å²) in [6.45, 7) is 4.01. The fourth-order valence-electron chi connectivity index (χ4n) is 2.41. The normalized spacial score (nSPS) is 10.8. The highest BCUT2D eigenvalue weighted by Gasteiger charge is 2.15. The van der Waals surface area contributed by atoms with Gasteiger partial charge in [-0.1, -0.05) is 23.8 Å². The Bertz CT molecular complexity index is 836. The summed E-state index contributed by atoms with van der Waals surface area (Å²) in [6, 6.07) is 13.7. The number of nitrogens with one attached hydrogen (secondary N) is 2. The molecule has 0 unspecified atom stereocenters. The number of aryl methyl sites for hydroxylation is 2. The van der Waals surface area contributed by atoms with E-state index in [0.29, 0.717) is 5.69 Å². The molecule has 4 heteroatoms. The minimum Gasteiger partial charge on any atom is -0.350 e. The van der Waals surface area contributed by atoms with Crippen LogP contribution in [-0.4, -0.2) is 10.9 Å². The summed E-state index contributed by atoms with van der Waals surface area (Å²) in [4.78, 5) is 15.7. The second kappa shape index (κ2) is 5.37. The molecular formula is C17H15BrN2O. The molecule has 2 aromatic carbocycles. The minimum absolute atomic E-state index is 0.131. The van der Waals surface area contributed by atoms with Crippen LogP contribution >= 0.6 is 15.9 Å². The van der Waals surface area contributed by atoms with Gasteiger partial charge in [-0.15, -0.1) is 0 Å². The predicted molar refractivity (Wildman–Crippen MR) is 89.9 cm³/mol. The highest BCUT2D eigenvalue weighted by molar-refractivity contribution is 9.10. The van der Waals surface area contributed by atoms with Crippen LogP contribution < -0.4 is 5.32 Å². The Morgan fingerprint density at radius 3 is 2.67 bits per heavy atom. The van der Waals surface area contributed by atoms with Crippen molar-refractivity contribution < 1.29 is 4.79 Å². The van der Waals surface area contributed by atoms with E-state index in [4.69, 9.17) is 0 Å². The van der Waals surface area contributed by atoms with Crippen molar-refractivity contribution in [2.45, 2.75) is 13.8 Å². The number of anilines is 1. The maximum absolute atomic E-state index is 12.5. The minimum atomic E-state index is -0.131. The van der Waals surface area contributed by atoms with E-state index in [1.165, 1.54) is 5.56 Å². The Morgan fingerprint density at radius 1 is 1.14 bits per heavy atom. The van der Waals surface area contributed by atoms with Crippen LogP contribution in [0.3, 0.4) is 0 Å². The SMILES string of the molecule is Cc1ccc2[nH]c(C(=O)Nc3ccccc3Br)c(C)c2c1. The summed E-state index contributed by atoms with van der Waals surface area (Å²) >= 11 is 3.44. The Labute approximate surface area is 131 Å². The van der Waals surface area contributed by atoms with E-state index >= 15 is 0 Å². The summed E-state index contributed by atoms with van der Waals surface area (Å²) < 4.78 is 0.864. The molecule has 0 fully saturated rings. The van der Waals surface area contributed by atoms with Gasteiger partial charge in [-0.05, 0) is 59.6 Å². The van der Waals surface area contributed by atoms with Crippen LogP contribution in [-0.2, 0) is 0 Å². The number of aromatic amines is 1. The Hall–Kier alpha value is -2.07. The topological polar surface area (TPSA) is 44.9 Å². The first-order valence-electron chi connectivity index (χ1n) is 6.71. The number of para-hydroxylation sites is 1. The molecule has 0 saturated carbocycles. The van der Waals surface area contributed by atoms with Gasteiger partial charge in [-0.3, -0.25) is 4.79 Å². The van der Waals surface area contributed by atoms with Gasteiger partial charge in [0.25, 0.3) is 5.91 Å². The van der Waals surface area contributed by atoms with Gasteiger partial charge in [0.1, 0.15) is 5.69 Å². The first-order chi connectivity index (χ1) is 10.1. The third-order valence-electron chi connectivity index (χ3n) is 3.56. The van der Waals surface area contributed by atoms with Crippen molar-refractivity contribution >= 4 is 38.4 Å². The van der Waals surface area contributed by atoms with Crippen LogP contribution in [0.15, 0.2) is 46.9 Å². The van der Waals surface area contributed by atoms with Gasteiger partial charge >= 0.3 is 0 Å². The van der Waals surface area contributed by atoms with Gasteiger partial charge in [0, 0.05) is 15.4 Å². The van der Waals surface area contributed by atoms with Crippen LogP contribution in [0.4, 0.5) is 5.69 Å². The summed E-state index contributed by atoms with van der Waals surface area (Å²) in [7, 11) is 0. The molecule has 0 radical (unpaired) electrons. The molecule has 1 aromatic heterocycles. The molecule has 0 bridgehead atoms. The van der Waals surface area contributed by atoms with Crippen LogP contribution in [0, 0.1) is 13.8 Å². The van der Waals surface area contributed by atoms with E-state index < -0.39 is 0 Å². The lowest BCUT2D eigenvalue weighted by Gasteiger charge is -2.06. The quantitative estimate of drug-likeness (QED) is 0.690. The zero-order valence-electron chi connectivity index (χ0n) is 11.8. The molecule has 1 amide bonds. The van der Waals surface area contributed by atoms with E-state index in [1.807, 2.05) is 50.2 Å². The van der Waals surface area contributed by atoms with E-state index in [-0.39, 0.29) is 5.91 Å². The van der Waals surface area contributed by atoms with Crippen molar-refractivity contribution in [2.24, 2.45) is 0 Å². The van der Waals surface area contributed by atoms with Crippen LogP contribution in [0.2, 0.25) is 0 Å². The number of aromatic nitrogens is 1. The van der Waals surface area contributed by atoms with Crippen molar-refractivity contribution in [3.8, 4) is 0 Å². The molecule has 0 saturated heterocycles. The first-order valence-corrected chi connectivity index (χ1v) is 7.50. The molecule has 0 aliphatic rings. The number of hydrogen-bond acceptors (Lipinski definition) is 1. The monoisotopic (exact) mass is 342 g/mol. The molecule has 106 valence electrons. The first kappa shape index (κ1) is 13.9. The molecule has 0 spiro atoms. The zero-order chi connectivity index (χ0) is 15.0. The summed E-state index contributed by atoms with van der Waals surface area (Å²) in [5.41, 5.74) is 4.50. The van der Waals surface area contributed by atoms with Crippen LogP contribution in [0.5, 0.6) is 0 Å². The number of amides is 1. The molecular weight excluding hydrogens is 328 g/mol. The van der Waals surface area contributed by atoms with Crippen molar-refractivity contribution in [3.63, 3.8) is 0 Å². The largest absolute Gasteiger partial charge is 0.350 e. The second-order valence-electron chi connectivity index (χ2n) is 5.11. The summed E-state index contributed by atoms with van der Waals surface area (Å²) in [5, 5.41) is 4.02. The standard InChI is InChI=1S/C17H15BrN2O/c1-10-7-8-14-12(9-10)11(2)16(19-14)17(21)20-15-6-4-3-5-13(15)18/h3-9,19H,1-2H3,(H,20,21). The van der Waals surface area contributed by atoms with Gasteiger partial charge in [-0.25, -0.2) is 0 Å². The maximum Gasteiger partial charge on any atom is 0.272 e. The number of hydrogen-bond donors (Lipinski definition) is 2. The molecule has 0 aliphatic heterocycles.